The van der Waals surface area contributed by atoms with Crippen molar-refractivity contribution in [3.8, 4) is 0 Å². The van der Waals surface area contributed by atoms with Crippen molar-refractivity contribution >= 4 is 5.69 Å². The summed E-state index contributed by atoms with van der Waals surface area (Å²) in [5.41, 5.74) is 3.32. The lowest BCUT2D eigenvalue weighted by Crippen LogP contribution is -2.49. The van der Waals surface area contributed by atoms with E-state index in [2.05, 4.69) is 44.3 Å². The van der Waals surface area contributed by atoms with Crippen molar-refractivity contribution in [1.82, 2.24) is 5.06 Å². The van der Waals surface area contributed by atoms with Gasteiger partial charge >= 0.3 is 0 Å². The van der Waals surface area contributed by atoms with Crippen LogP contribution in [0.15, 0.2) is 18.2 Å². The molecule has 3 heteroatoms. The molecule has 1 aliphatic heterocycles. The van der Waals surface area contributed by atoms with Crippen molar-refractivity contribution in [2.24, 2.45) is 0 Å². The van der Waals surface area contributed by atoms with Crippen LogP contribution in [0.3, 0.4) is 0 Å². The summed E-state index contributed by atoms with van der Waals surface area (Å²) in [6.07, 6.45) is 0.902. The van der Waals surface area contributed by atoms with Crippen LogP contribution in [0.1, 0.15) is 45.7 Å². The Bertz CT molecular complexity index is 401. The molecule has 0 spiro atoms. The van der Waals surface area contributed by atoms with Crippen LogP contribution in [0, 0.1) is 0 Å². The third-order valence-electron chi connectivity index (χ3n) is 3.56. The van der Waals surface area contributed by atoms with Gasteiger partial charge in [0.25, 0.3) is 0 Å². The fraction of sp³-hybridized carbons (Fsp3) is 0.600. The Morgan fingerprint density at radius 2 is 1.94 bits per heavy atom. The van der Waals surface area contributed by atoms with E-state index in [9.17, 15) is 5.21 Å². The Kier molecular flexibility index (Phi) is 4.77. The number of hydrogen-bond donors (Lipinski definition) is 2. The number of anilines is 1. The predicted octanol–water partition coefficient (Wildman–Crippen LogP) is 3.63. The molecule has 0 saturated heterocycles. The second-order valence-corrected chi connectivity index (χ2v) is 5.08. The Morgan fingerprint density at radius 3 is 2.50 bits per heavy atom. The number of nitrogens with one attached hydrogen (secondary N) is 1. The summed E-state index contributed by atoms with van der Waals surface area (Å²) in [6.45, 7) is 10.2. The Labute approximate surface area is 111 Å². The van der Waals surface area contributed by atoms with Crippen molar-refractivity contribution in [1.29, 1.82) is 0 Å². The Hall–Kier alpha value is -1.06. The molecule has 0 amide bonds. The van der Waals surface area contributed by atoms with Gasteiger partial charge in [-0.25, -0.2) is 0 Å². The van der Waals surface area contributed by atoms with Gasteiger partial charge in [-0.2, -0.15) is 5.06 Å². The minimum Gasteiger partial charge on any atom is -0.388 e. The molecule has 2 rings (SSSR count). The van der Waals surface area contributed by atoms with Crippen molar-refractivity contribution in [2.75, 3.05) is 12.4 Å². The molecular weight excluding hydrogens is 224 g/mol. The molecule has 1 atom stereocenters. The summed E-state index contributed by atoms with van der Waals surface area (Å²) < 4.78 is 0. The van der Waals surface area contributed by atoms with Gasteiger partial charge in [0.15, 0.2) is 0 Å². The van der Waals surface area contributed by atoms with E-state index in [1.54, 1.807) is 0 Å². The summed E-state index contributed by atoms with van der Waals surface area (Å²) in [4.78, 5) is 0. The second-order valence-electron chi connectivity index (χ2n) is 5.08. The quantitative estimate of drug-likeness (QED) is 0.799. The predicted molar refractivity (Wildman–Crippen MR) is 77.2 cm³/mol. The van der Waals surface area contributed by atoms with Crippen molar-refractivity contribution < 1.29 is 5.21 Å². The lowest BCUT2D eigenvalue weighted by molar-refractivity contribution is -0.198. The highest BCUT2D eigenvalue weighted by Gasteiger charge is 2.37. The van der Waals surface area contributed by atoms with E-state index in [1.807, 2.05) is 20.9 Å². The molecule has 1 aromatic rings. The maximum atomic E-state index is 10.1. The van der Waals surface area contributed by atoms with E-state index < -0.39 is 0 Å². The van der Waals surface area contributed by atoms with Gasteiger partial charge in [0, 0.05) is 18.8 Å². The fourth-order valence-electron chi connectivity index (χ4n) is 2.56. The van der Waals surface area contributed by atoms with Crippen LogP contribution < -0.4 is 5.32 Å². The van der Waals surface area contributed by atoms with Crippen LogP contribution in [0.4, 0.5) is 5.69 Å². The topological polar surface area (TPSA) is 35.5 Å². The summed E-state index contributed by atoms with van der Waals surface area (Å²) in [7, 11) is 1.91. The average molecular weight is 250 g/mol. The molecule has 2 N–H and O–H groups in total. The highest BCUT2D eigenvalue weighted by atomic mass is 16.5. The first-order valence-electron chi connectivity index (χ1n) is 6.76. The molecule has 1 aromatic carbocycles. The third-order valence-corrected chi connectivity index (χ3v) is 3.56. The van der Waals surface area contributed by atoms with Crippen molar-refractivity contribution in [3.05, 3.63) is 29.3 Å². The molecular formula is C15H26N2O. The number of fused-ring (bicyclic) bond motifs is 1. The van der Waals surface area contributed by atoms with E-state index in [1.165, 1.54) is 16.2 Å². The number of nitrogens with zero attached hydrogens (tertiary/aromatic N) is 1. The van der Waals surface area contributed by atoms with E-state index >= 15 is 0 Å². The van der Waals surface area contributed by atoms with E-state index in [0.717, 1.165) is 12.1 Å². The van der Waals surface area contributed by atoms with Gasteiger partial charge in [-0.15, -0.1) is 0 Å². The van der Waals surface area contributed by atoms with Crippen molar-refractivity contribution in [3.63, 3.8) is 0 Å². The third kappa shape index (κ3) is 2.52. The molecule has 18 heavy (non-hydrogen) atoms. The molecule has 0 aromatic heterocycles. The molecule has 0 fully saturated rings. The van der Waals surface area contributed by atoms with Crippen LogP contribution in [0.5, 0.6) is 0 Å². The van der Waals surface area contributed by atoms with E-state index in [4.69, 9.17) is 0 Å². The second kappa shape index (κ2) is 5.72. The van der Waals surface area contributed by atoms with Crippen molar-refractivity contribution in [2.45, 2.75) is 52.6 Å². The van der Waals surface area contributed by atoms with Crippen LogP contribution in [-0.2, 0) is 12.0 Å². The number of hydroxylamine groups is 2. The minimum atomic E-state index is -0.320. The number of rotatable bonds is 1. The van der Waals surface area contributed by atoms with Gasteiger partial charge in [-0.1, -0.05) is 19.9 Å². The standard InChI is InChI=1S/C13H20N2O.C2H6/c1-9-7-10-5-6-11(14-4)8-12(10)13(2,3)15(9)16;1-2/h5-6,8-9,14,16H,7H2,1-4H3;1-2H3. The first-order valence-corrected chi connectivity index (χ1v) is 6.76. The molecule has 0 aliphatic carbocycles. The highest BCUT2D eigenvalue weighted by Crippen LogP contribution is 2.37. The van der Waals surface area contributed by atoms with E-state index in [-0.39, 0.29) is 11.6 Å². The SMILES string of the molecule is CC.CNc1ccc2c(c1)C(C)(C)N(O)C(C)C2. The summed E-state index contributed by atoms with van der Waals surface area (Å²) in [6, 6.07) is 6.55. The summed E-state index contributed by atoms with van der Waals surface area (Å²) in [5.74, 6) is 0. The van der Waals surface area contributed by atoms with Gasteiger partial charge in [0.05, 0.1) is 5.54 Å². The van der Waals surface area contributed by atoms with Gasteiger partial charge in [-0.05, 0) is 50.5 Å². The lowest BCUT2D eigenvalue weighted by atomic mass is 9.82. The monoisotopic (exact) mass is 250 g/mol. The molecule has 1 unspecified atom stereocenters. The fourth-order valence-corrected chi connectivity index (χ4v) is 2.56. The molecule has 0 bridgehead atoms. The zero-order chi connectivity index (χ0) is 13.9. The van der Waals surface area contributed by atoms with Gasteiger partial charge < -0.3 is 10.5 Å². The molecule has 3 nitrogen and oxygen atoms in total. The maximum Gasteiger partial charge on any atom is 0.0659 e. The average Bonchev–Trinajstić information content (AvgIpc) is 2.39. The van der Waals surface area contributed by atoms with E-state index in [0.29, 0.717) is 0 Å². The first-order chi connectivity index (χ1) is 8.46. The normalized spacial score (nSPS) is 21.6. The zero-order valence-corrected chi connectivity index (χ0v) is 12.4. The molecule has 102 valence electrons. The zero-order valence-electron chi connectivity index (χ0n) is 12.4. The van der Waals surface area contributed by atoms with Crippen LogP contribution >= 0.6 is 0 Å². The van der Waals surface area contributed by atoms with Crippen LogP contribution in [0.25, 0.3) is 0 Å². The van der Waals surface area contributed by atoms with Gasteiger partial charge in [-0.3, -0.25) is 0 Å². The van der Waals surface area contributed by atoms with Crippen LogP contribution in [-0.4, -0.2) is 23.4 Å². The molecule has 0 saturated carbocycles. The smallest absolute Gasteiger partial charge is 0.0659 e. The number of hydrogen-bond acceptors (Lipinski definition) is 3. The Morgan fingerprint density at radius 1 is 1.33 bits per heavy atom. The number of benzene rings is 1. The maximum absolute atomic E-state index is 10.1. The largest absolute Gasteiger partial charge is 0.388 e. The first kappa shape index (κ1) is 15.0. The minimum absolute atomic E-state index is 0.169. The van der Waals surface area contributed by atoms with Gasteiger partial charge in [0.1, 0.15) is 0 Å². The summed E-state index contributed by atoms with van der Waals surface area (Å²) in [5, 5.41) is 14.7. The summed E-state index contributed by atoms with van der Waals surface area (Å²) >= 11 is 0. The highest BCUT2D eigenvalue weighted by molar-refractivity contribution is 5.51. The molecule has 1 heterocycles. The molecule has 0 radical (unpaired) electrons. The Balaban J connectivity index is 0.000000771. The molecule has 1 aliphatic rings. The lowest BCUT2D eigenvalue weighted by Gasteiger charge is -2.43. The van der Waals surface area contributed by atoms with Crippen LogP contribution in [0.2, 0.25) is 0 Å². The van der Waals surface area contributed by atoms with Gasteiger partial charge in [0.2, 0.25) is 0 Å².